The van der Waals surface area contributed by atoms with Crippen molar-refractivity contribution in [1.29, 1.82) is 0 Å². The molecule has 0 unspecified atom stereocenters. The minimum atomic E-state index is -0.136. The third kappa shape index (κ3) is 4.99. The average Bonchev–Trinajstić information content (AvgIpc) is 3.18. The first-order chi connectivity index (χ1) is 14.6. The molecule has 0 aliphatic rings. The number of carbonyl (C=O) groups excluding carboxylic acids is 1. The highest BCUT2D eigenvalue weighted by molar-refractivity contribution is 7.99. The van der Waals surface area contributed by atoms with Gasteiger partial charge in [-0.25, -0.2) is 0 Å². The number of carbonyl (C=O) groups is 1. The Hall–Kier alpha value is -3.32. The lowest BCUT2D eigenvalue weighted by molar-refractivity contribution is -0.113. The molecule has 0 bridgehead atoms. The van der Waals surface area contributed by atoms with E-state index in [0.717, 1.165) is 33.3 Å². The van der Waals surface area contributed by atoms with Gasteiger partial charge in [-0.3, -0.25) is 4.79 Å². The van der Waals surface area contributed by atoms with Gasteiger partial charge in [0.05, 0.1) is 5.75 Å². The second kappa shape index (κ2) is 9.00. The second-order valence-electron chi connectivity index (χ2n) is 6.94. The highest BCUT2D eigenvalue weighted by Crippen LogP contribution is 2.24. The first kappa shape index (κ1) is 20.0. The maximum Gasteiger partial charge on any atom is 0.277 e. The van der Waals surface area contributed by atoms with E-state index in [0.29, 0.717) is 11.1 Å². The van der Waals surface area contributed by atoms with Gasteiger partial charge in [-0.15, -0.1) is 10.2 Å². The predicted octanol–water partition coefficient (Wildman–Crippen LogP) is 5.15. The third-order valence-electron chi connectivity index (χ3n) is 4.40. The number of benzene rings is 3. The van der Waals surface area contributed by atoms with Crippen LogP contribution in [0.25, 0.3) is 10.8 Å². The van der Waals surface area contributed by atoms with Crippen LogP contribution in [0.5, 0.6) is 5.75 Å². The fourth-order valence-corrected chi connectivity index (χ4v) is 3.74. The number of aryl methyl sites for hydroxylation is 2. The van der Waals surface area contributed by atoms with E-state index in [4.69, 9.17) is 9.15 Å². The molecule has 0 fully saturated rings. The number of hydrogen-bond donors (Lipinski definition) is 1. The van der Waals surface area contributed by atoms with Gasteiger partial charge in [-0.1, -0.05) is 54.2 Å². The number of thioether (sulfide) groups is 1. The molecule has 0 aliphatic heterocycles. The number of amides is 1. The maximum absolute atomic E-state index is 12.4. The van der Waals surface area contributed by atoms with Crippen molar-refractivity contribution in [2.45, 2.75) is 25.7 Å². The number of ether oxygens (including phenoxy) is 1. The number of hydrogen-bond acceptors (Lipinski definition) is 6. The van der Waals surface area contributed by atoms with Gasteiger partial charge in [-0.2, -0.15) is 0 Å². The van der Waals surface area contributed by atoms with Gasteiger partial charge in [0.15, 0.2) is 6.61 Å². The van der Waals surface area contributed by atoms with E-state index < -0.39 is 0 Å². The van der Waals surface area contributed by atoms with E-state index in [-0.39, 0.29) is 18.3 Å². The Bertz CT molecular complexity index is 1160. The molecule has 4 rings (SSSR count). The largest absolute Gasteiger partial charge is 0.484 e. The SMILES string of the molecule is Cc1cc(C)cc(OCc2nnc(SCC(=O)Nc3cccc4ccccc34)o2)c1. The van der Waals surface area contributed by atoms with Crippen LogP contribution in [0.2, 0.25) is 0 Å². The average molecular weight is 420 g/mol. The maximum atomic E-state index is 12.4. The summed E-state index contributed by atoms with van der Waals surface area (Å²) in [7, 11) is 0. The lowest BCUT2D eigenvalue weighted by atomic mass is 10.1. The zero-order chi connectivity index (χ0) is 20.9. The van der Waals surface area contributed by atoms with Gasteiger partial charge in [0.25, 0.3) is 11.1 Å². The van der Waals surface area contributed by atoms with Gasteiger partial charge in [0, 0.05) is 11.1 Å². The third-order valence-corrected chi connectivity index (χ3v) is 5.21. The second-order valence-corrected chi connectivity index (χ2v) is 7.86. The molecular formula is C23H21N3O3S. The number of nitrogens with one attached hydrogen (secondary N) is 1. The van der Waals surface area contributed by atoms with Crippen LogP contribution in [-0.2, 0) is 11.4 Å². The Balaban J connectivity index is 1.31. The van der Waals surface area contributed by atoms with E-state index in [1.807, 2.05) is 68.4 Å². The van der Waals surface area contributed by atoms with E-state index in [1.54, 1.807) is 0 Å². The Labute approximate surface area is 178 Å². The van der Waals surface area contributed by atoms with Crippen molar-refractivity contribution < 1.29 is 13.9 Å². The molecule has 30 heavy (non-hydrogen) atoms. The van der Waals surface area contributed by atoms with E-state index >= 15 is 0 Å². The summed E-state index contributed by atoms with van der Waals surface area (Å²) in [6.07, 6.45) is 0. The van der Waals surface area contributed by atoms with Gasteiger partial charge in [0.2, 0.25) is 5.91 Å². The number of nitrogens with zero attached hydrogens (tertiary/aromatic N) is 2. The Morgan fingerprint density at radius 2 is 1.80 bits per heavy atom. The van der Waals surface area contributed by atoms with Gasteiger partial charge < -0.3 is 14.5 Å². The predicted molar refractivity (Wildman–Crippen MR) is 118 cm³/mol. The van der Waals surface area contributed by atoms with E-state index in [9.17, 15) is 4.79 Å². The van der Waals surface area contributed by atoms with Crippen LogP contribution in [0.15, 0.2) is 70.3 Å². The molecule has 3 aromatic carbocycles. The lowest BCUT2D eigenvalue weighted by Crippen LogP contribution is -2.14. The van der Waals surface area contributed by atoms with Crippen LogP contribution in [0, 0.1) is 13.8 Å². The minimum Gasteiger partial charge on any atom is -0.484 e. The lowest BCUT2D eigenvalue weighted by Gasteiger charge is -2.08. The number of aromatic nitrogens is 2. The standard InChI is InChI=1S/C23H21N3O3S/c1-15-10-16(2)12-18(11-15)28-13-22-25-26-23(29-22)30-14-21(27)24-20-9-5-7-17-6-3-4-8-19(17)20/h3-12H,13-14H2,1-2H3,(H,24,27). The van der Waals surface area contributed by atoms with Crippen LogP contribution in [-0.4, -0.2) is 21.9 Å². The molecule has 0 saturated heterocycles. The molecule has 1 N–H and O–H groups in total. The van der Waals surface area contributed by atoms with Crippen LogP contribution in [0.3, 0.4) is 0 Å². The molecule has 0 aliphatic carbocycles. The molecule has 1 amide bonds. The Morgan fingerprint density at radius 1 is 1.03 bits per heavy atom. The van der Waals surface area contributed by atoms with Crippen molar-refractivity contribution in [2.75, 3.05) is 11.1 Å². The van der Waals surface area contributed by atoms with Gasteiger partial charge >= 0.3 is 0 Å². The van der Waals surface area contributed by atoms with Crippen molar-refractivity contribution in [3.05, 3.63) is 77.7 Å². The molecule has 0 atom stereocenters. The number of anilines is 1. The Kier molecular flexibility index (Phi) is 5.99. The monoisotopic (exact) mass is 419 g/mol. The molecule has 1 heterocycles. The highest BCUT2D eigenvalue weighted by Gasteiger charge is 2.12. The molecule has 0 saturated carbocycles. The van der Waals surface area contributed by atoms with Crippen molar-refractivity contribution in [3.8, 4) is 5.75 Å². The normalized spacial score (nSPS) is 10.9. The van der Waals surface area contributed by atoms with E-state index in [2.05, 4.69) is 21.6 Å². The summed E-state index contributed by atoms with van der Waals surface area (Å²) in [5.41, 5.74) is 3.04. The fourth-order valence-electron chi connectivity index (χ4n) is 3.16. The Morgan fingerprint density at radius 3 is 2.63 bits per heavy atom. The van der Waals surface area contributed by atoms with Crippen molar-refractivity contribution in [1.82, 2.24) is 10.2 Å². The number of rotatable bonds is 7. The van der Waals surface area contributed by atoms with Crippen LogP contribution < -0.4 is 10.1 Å². The molecule has 0 radical (unpaired) electrons. The van der Waals surface area contributed by atoms with E-state index in [1.165, 1.54) is 11.8 Å². The van der Waals surface area contributed by atoms with Gasteiger partial charge in [-0.05, 0) is 48.6 Å². The summed E-state index contributed by atoms with van der Waals surface area (Å²) in [5.74, 6) is 1.16. The fraction of sp³-hybridized carbons (Fsp3) is 0.174. The van der Waals surface area contributed by atoms with Crippen LogP contribution >= 0.6 is 11.8 Å². The first-order valence-electron chi connectivity index (χ1n) is 9.51. The smallest absolute Gasteiger partial charge is 0.277 e. The topological polar surface area (TPSA) is 77.2 Å². The molecule has 0 spiro atoms. The van der Waals surface area contributed by atoms with Crippen molar-refractivity contribution >= 4 is 34.1 Å². The summed E-state index contributed by atoms with van der Waals surface area (Å²) >= 11 is 1.19. The molecule has 7 heteroatoms. The summed E-state index contributed by atoms with van der Waals surface area (Å²) in [5, 5.41) is 13.3. The zero-order valence-corrected chi connectivity index (χ0v) is 17.5. The minimum absolute atomic E-state index is 0.136. The zero-order valence-electron chi connectivity index (χ0n) is 16.7. The molecule has 1 aromatic heterocycles. The first-order valence-corrected chi connectivity index (χ1v) is 10.5. The molecular weight excluding hydrogens is 398 g/mol. The number of fused-ring (bicyclic) bond motifs is 1. The van der Waals surface area contributed by atoms with Crippen LogP contribution in [0.1, 0.15) is 17.0 Å². The molecule has 4 aromatic rings. The molecule has 152 valence electrons. The summed E-state index contributed by atoms with van der Waals surface area (Å²) in [6, 6.07) is 19.7. The summed E-state index contributed by atoms with van der Waals surface area (Å²) < 4.78 is 11.3. The summed E-state index contributed by atoms with van der Waals surface area (Å²) in [4.78, 5) is 12.4. The van der Waals surface area contributed by atoms with Gasteiger partial charge in [0.1, 0.15) is 5.75 Å². The molecule has 6 nitrogen and oxygen atoms in total. The van der Waals surface area contributed by atoms with Crippen molar-refractivity contribution in [2.24, 2.45) is 0 Å². The summed E-state index contributed by atoms with van der Waals surface area (Å²) in [6.45, 7) is 4.22. The quantitative estimate of drug-likeness (QED) is 0.418. The van der Waals surface area contributed by atoms with Crippen LogP contribution in [0.4, 0.5) is 5.69 Å². The highest BCUT2D eigenvalue weighted by atomic mass is 32.2. The van der Waals surface area contributed by atoms with Crippen molar-refractivity contribution in [3.63, 3.8) is 0 Å².